The fourth-order valence-corrected chi connectivity index (χ4v) is 2.89. The van der Waals surface area contributed by atoms with Crippen molar-refractivity contribution < 1.29 is 19.1 Å². The highest BCUT2D eigenvalue weighted by Crippen LogP contribution is 2.27. The second kappa shape index (κ2) is 6.50. The summed E-state index contributed by atoms with van der Waals surface area (Å²) < 4.78 is 5.09. The quantitative estimate of drug-likeness (QED) is 0.793. The Labute approximate surface area is 130 Å². The first-order chi connectivity index (χ1) is 10.3. The summed E-state index contributed by atoms with van der Waals surface area (Å²) in [5, 5.41) is 2.25. The van der Waals surface area contributed by atoms with Gasteiger partial charge in [0.2, 0.25) is 5.91 Å². The van der Waals surface area contributed by atoms with E-state index < -0.39 is 23.6 Å². The van der Waals surface area contributed by atoms with E-state index in [2.05, 4.69) is 5.32 Å². The number of hydrogen-bond acceptors (Lipinski definition) is 4. The summed E-state index contributed by atoms with van der Waals surface area (Å²) in [6.07, 6.45) is 6.92. The molecular weight excluding hydrogens is 284 g/mol. The summed E-state index contributed by atoms with van der Waals surface area (Å²) in [5.74, 6) is -0.486. The van der Waals surface area contributed by atoms with Gasteiger partial charge in [-0.2, -0.15) is 0 Å². The number of carbonyl (C=O) groups is 3. The summed E-state index contributed by atoms with van der Waals surface area (Å²) in [4.78, 5) is 37.7. The number of nitrogens with one attached hydrogen (secondary N) is 1. The molecule has 6 nitrogen and oxygen atoms in total. The Balaban J connectivity index is 2.01. The van der Waals surface area contributed by atoms with Crippen LogP contribution in [-0.2, 0) is 14.3 Å². The molecule has 0 aromatic rings. The van der Waals surface area contributed by atoms with Gasteiger partial charge in [0, 0.05) is 6.42 Å². The number of likely N-dealkylation sites (tertiary alicyclic amines) is 1. The first kappa shape index (κ1) is 16.5. The molecule has 2 atom stereocenters. The third kappa shape index (κ3) is 4.08. The summed E-state index contributed by atoms with van der Waals surface area (Å²) in [6, 6.07) is -0.633. The molecule has 2 aliphatic rings. The molecule has 0 aromatic carbocycles. The topological polar surface area (TPSA) is 75.7 Å². The predicted molar refractivity (Wildman–Crippen MR) is 81.0 cm³/mol. The molecule has 1 saturated heterocycles. The molecule has 0 radical (unpaired) electrons. The van der Waals surface area contributed by atoms with Crippen LogP contribution in [0.3, 0.4) is 0 Å². The van der Waals surface area contributed by atoms with Crippen LogP contribution in [0.25, 0.3) is 0 Å². The summed E-state index contributed by atoms with van der Waals surface area (Å²) >= 11 is 0. The number of carbonyl (C=O) groups excluding carboxylic acids is 3. The first-order valence-electron chi connectivity index (χ1n) is 7.79. The Morgan fingerprint density at radius 3 is 2.64 bits per heavy atom. The van der Waals surface area contributed by atoms with Gasteiger partial charge in [0.15, 0.2) is 0 Å². The molecule has 0 aromatic heterocycles. The van der Waals surface area contributed by atoms with Crippen LogP contribution in [0.1, 0.15) is 52.9 Å². The second-order valence-corrected chi connectivity index (χ2v) is 6.77. The van der Waals surface area contributed by atoms with Crippen LogP contribution in [-0.4, -0.2) is 40.5 Å². The van der Waals surface area contributed by atoms with Crippen molar-refractivity contribution in [3.05, 3.63) is 12.2 Å². The minimum absolute atomic E-state index is 0.0270. The Bertz CT molecular complexity index is 493. The van der Waals surface area contributed by atoms with Gasteiger partial charge in [-0.3, -0.25) is 14.9 Å². The maximum atomic E-state index is 12.3. The van der Waals surface area contributed by atoms with Gasteiger partial charge in [0.25, 0.3) is 5.91 Å². The highest BCUT2D eigenvalue weighted by molar-refractivity contribution is 5.98. The number of alkyl carbamates (subject to hydrolysis) is 1. The Hall–Kier alpha value is -1.85. The number of hydrogen-bond donors (Lipinski definition) is 1. The smallest absolute Gasteiger partial charge is 0.414 e. The monoisotopic (exact) mass is 308 g/mol. The Morgan fingerprint density at radius 2 is 2.05 bits per heavy atom. The zero-order chi connectivity index (χ0) is 16.3. The molecule has 6 heteroatoms. The number of allylic oxidation sites excluding steroid dienone is 1. The van der Waals surface area contributed by atoms with E-state index in [0.29, 0.717) is 12.8 Å². The third-order valence-electron chi connectivity index (χ3n) is 3.77. The van der Waals surface area contributed by atoms with Crippen LogP contribution in [0.2, 0.25) is 0 Å². The molecule has 122 valence electrons. The van der Waals surface area contributed by atoms with Crippen LogP contribution in [0.5, 0.6) is 0 Å². The predicted octanol–water partition coefficient (Wildman–Crippen LogP) is 2.14. The molecule has 1 aliphatic carbocycles. The fourth-order valence-electron chi connectivity index (χ4n) is 2.89. The number of nitrogens with zero attached hydrogens (tertiary/aromatic N) is 1. The zero-order valence-electron chi connectivity index (χ0n) is 13.4. The lowest BCUT2D eigenvalue weighted by atomic mass is 10.0. The van der Waals surface area contributed by atoms with E-state index in [0.717, 1.165) is 19.3 Å². The number of imide groups is 1. The molecule has 1 fully saturated rings. The molecule has 0 bridgehead atoms. The number of amides is 3. The van der Waals surface area contributed by atoms with Gasteiger partial charge in [0.1, 0.15) is 11.6 Å². The molecule has 0 spiro atoms. The molecule has 1 aliphatic heterocycles. The van der Waals surface area contributed by atoms with Gasteiger partial charge in [-0.05, 0) is 46.5 Å². The van der Waals surface area contributed by atoms with Gasteiger partial charge in [-0.1, -0.05) is 12.2 Å². The molecule has 22 heavy (non-hydrogen) atoms. The molecule has 2 rings (SSSR count). The number of ether oxygens (including phenoxy) is 1. The van der Waals surface area contributed by atoms with Crippen molar-refractivity contribution >= 4 is 17.9 Å². The normalized spacial score (nSPS) is 25.2. The van der Waals surface area contributed by atoms with Crippen molar-refractivity contribution in [1.82, 2.24) is 10.2 Å². The minimum Gasteiger partial charge on any atom is -0.444 e. The van der Waals surface area contributed by atoms with E-state index in [1.165, 1.54) is 0 Å². The van der Waals surface area contributed by atoms with E-state index >= 15 is 0 Å². The average molecular weight is 308 g/mol. The molecule has 1 N–H and O–H groups in total. The maximum Gasteiger partial charge on any atom is 0.414 e. The van der Waals surface area contributed by atoms with Gasteiger partial charge in [-0.15, -0.1) is 0 Å². The third-order valence-corrected chi connectivity index (χ3v) is 3.77. The second-order valence-electron chi connectivity index (χ2n) is 6.77. The van der Waals surface area contributed by atoms with Crippen LogP contribution in [0.15, 0.2) is 12.2 Å². The molecule has 0 unspecified atom stereocenters. The standard InChI is InChI=1S/C16H24N2O4/c1-16(2,3)22-15(21)17-14(20)12-9-10-13(19)18(12)11-7-5-4-6-8-11/h5,7,11-12H,4,6,8-10H2,1-3H3,(H,17,20,21)/t11-,12-/m0/s1. The summed E-state index contributed by atoms with van der Waals surface area (Å²) in [5.41, 5.74) is -0.665. The molecule has 3 amide bonds. The highest BCUT2D eigenvalue weighted by atomic mass is 16.6. The van der Waals surface area contributed by atoms with Gasteiger partial charge >= 0.3 is 6.09 Å². The van der Waals surface area contributed by atoms with Crippen LogP contribution in [0, 0.1) is 0 Å². The summed E-state index contributed by atoms with van der Waals surface area (Å²) in [7, 11) is 0. The van der Waals surface area contributed by atoms with E-state index in [4.69, 9.17) is 4.74 Å². The van der Waals surface area contributed by atoms with Gasteiger partial charge in [0.05, 0.1) is 6.04 Å². The van der Waals surface area contributed by atoms with E-state index in [1.54, 1.807) is 25.7 Å². The Kier molecular flexibility index (Phi) is 4.88. The van der Waals surface area contributed by atoms with Crippen molar-refractivity contribution in [1.29, 1.82) is 0 Å². The SMILES string of the molecule is CC(C)(C)OC(=O)NC(=O)[C@@H]1CCC(=O)N1[C@H]1C=CCCC1. The van der Waals surface area contributed by atoms with Gasteiger partial charge in [-0.25, -0.2) is 4.79 Å². The van der Waals surface area contributed by atoms with Gasteiger partial charge < -0.3 is 9.64 Å². The lowest BCUT2D eigenvalue weighted by molar-refractivity contribution is -0.136. The largest absolute Gasteiger partial charge is 0.444 e. The maximum absolute atomic E-state index is 12.3. The molecule has 0 saturated carbocycles. The fraction of sp³-hybridized carbons (Fsp3) is 0.688. The van der Waals surface area contributed by atoms with Crippen molar-refractivity contribution in [2.75, 3.05) is 0 Å². The first-order valence-corrected chi connectivity index (χ1v) is 7.79. The minimum atomic E-state index is -0.768. The lowest BCUT2D eigenvalue weighted by Crippen LogP contribution is -2.51. The summed E-state index contributed by atoms with van der Waals surface area (Å²) in [6.45, 7) is 5.19. The van der Waals surface area contributed by atoms with E-state index in [-0.39, 0.29) is 11.9 Å². The van der Waals surface area contributed by atoms with Crippen molar-refractivity contribution in [2.45, 2.75) is 70.6 Å². The lowest BCUT2D eigenvalue weighted by Gasteiger charge is -2.32. The van der Waals surface area contributed by atoms with Crippen LogP contribution >= 0.6 is 0 Å². The molecular formula is C16H24N2O4. The highest BCUT2D eigenvalue weighted by Gasteiger charge is 2.40. The Morgan fingerprint density at radius 1 is 1.32 bits per heavy atom. The van der Waals surface area contributed by atoms with Crippen molar-refractivity contribution in [3.8, 4) is 0 Å². The van der Waals surface area contributed by atoms with Crippen LogP contribution in [0.4, 0.5) is 4.79 Å². The van der Waals surface area contributed by atoms with Crippen molar-refractivity contribution in [2.24, 2.45) is 0 Å². The number of rotatable bonds is 2. The van der Waals surface area contributed by atoms with E-state index in [9.17, 15) is 14.4 Å². The van der Waals surface area contributed by atoms with Crippen LogP contribution < -0.4 is 5.32 Å². The average Bonchev–Trinajstić information content (AvgIpc) is 2.79. The van der Waals surface area contributed by atoms with E-state index in [1.807, 2.05) is 12.2 Å². The van der Waals surface area contributed by atoms with Crippen molar-refractivity contribution in [3.63, 3.8) is 0 Å². The molecule has 1 heterocycles. The zero-order valence-corrected chi connectivity index (χ0v) is 13.4.